The molecule has 3 rings (SSSR count). The summed E-state index contributed by atoms with van der Waals surface area (Å²) in [6, 6.07) is 12.9. The van der Waals surface area contributed by atoms with Gasteiger partial charge in [-0.15, -0.1) is 0 Å². The third-order valence-corrected chi connectivity index (χ3v) is 4.03. The number of pyridine rings is 1. The van der Waals surface area contributed by atoms with E-state index in [-0.39, 0.29) is 24.2 Å². The van der Waals surface area contributed by atoms with Crippen molar-refractivity contribution in [2.45, 2.75) is 6.42 Å². The van der Waals surface area contributed by atoms with Crippen LogP contribution < -0.4 is 10.2 Å². The third kappa shape index (κ3) is 3.17. The molecule has 1 aliphatic rings. The van der Waals surface area contributed by atoms with E-state index in [4.69, 9.17) is 0 Å². The van der Waals surface area contributed by atoms with E-state index >= 15 is 0 Å². The second kappa shape index (κ2) is 6.27. The third-order valence-electron chi connectivity index (χ3n) is 3.56. The Morgan fingerprint density at radius 1 is 1.23 bits per heavy atom. The van der Waals surface area contributed by atoms with Gasteiger partial charge in [-0.1, -0.05) is 18.2 Å². The van der Waals surface area contributed by atoms with E-state index < -0.39 is 0 Å². The first-order valence-corrected chi connectivity index (χ1v) is 7.70. The van der Waals surface area contributed by atoms with E-state index in [1.54, 1.807) is 23.2 Å². The first-order chi connectivity index (χ1) is 10.6. The molecule has 0 spiro atoms. The molecule has 1 aromatic carbocycles. The number of amides is 2. The number of carbonyl (C=O) groups excluding carboxylic acids is 2. The van der Waals surface area contributed by atoms with Crippen molar-refractivity contribution >= 4 is 39.1 Å². The van der Waals surface area contributed by atoms with Crippen molar-refractivity contribution in [3.63, 3.8) is 0 Å². The molecule has 1 aromatic heterocycles. The van der Waals surface area contributed by atoms with Crippen molar-refractivity contribution in [3.8, 4) is 0 Å². The van der Waals surface area contributed by atoms with Gasteiger partial charge in [-0.2, -0.15) is 0 Å². The first kappa shape index (κ1) is 14.7. The summed E-state index contributed by atoms with van der Waals surface area (Å²) in [7, 11) is 0. The summed E-state index contributed by atoms with van der Waals surface area (Å²) in [5.74, 6) is -0.535. The summed E-state index contributed by atoms with van der Waals surface area (Å²) < 4.78 is 0.705. The molecule has 1 unspecified atom stereocenters. The van der Waals surface area contributed by atoms with E-state index in [9.17, 15) is 9.59 Å². The van der Waals surface area contributed by atoms with Crippen molar-refractivity contribution < 1.29 is 9.59 Å². The minimum atomic E-state index is -0.351. The molecule has 5 nitrogen and oxygen atoms in total. The molecule has 0 bridgehead atoms. The number of hydrogen-bond acceptors (Lipinski definition) is 3. The number of nitrogens with zero attached hydrogens (tertiary/aromatic N) is 2. The molecule has 1 atom stereocenters. The highest BCUT2D eigenvalue weighted by Gasteiger charge is 2.35. The van der Waals surface area contributed by atoms with Crippen LogP contribution in [0.15, 0.2) is 53.3 Å². The zero-order valence-electron chi connectivity index (χ0n) is 11.7. The van der Waals surface area contributed by atoms with Gasteiger partial charge in [0.2, 0.25) is 11.8 Å². The van der Waals surface area contributed by atoms with Crippen LogP contribution in [-0.4, -0.2) is 23.3 Å². The van der Waals surface area contributed by atoms with Crippen LogP contribution >= 0.6 is 15.9 Å². The molecule has 0 aliphatic carbocycles. The number of aromatic nitrogens is 1. The summed E-state index contributed by atoms with van der Waals surface area (Å²) in [5, 5.41) is 2.80. The van der Waals surface area contributed by atoms with E-state index in [2.05, 4.69) is 26.2 Å². The lowest BCUT2D eigenvalue weighted by Crippen LogP contribution is -2.28. The van der Waals surface area contributed by atoms with Crippen LogP contribution in [0.4, 0.5) is 11.4 Å². The second-order valence-corrected chi connectivity index (χ2v) is 5.91. The summed E-state index contributed by atoms with van der Waals surface area (Å²) in [6.45, 7) is 0.401. The topological polar surface area (TPSA) is 62.3 Å². The van der Waals surface area contributed by atoms with Crippen molar-refractivity contribution in [1.29, 1.82) is 0 Å². The van der Waals surface area contributed by atoms with Gasteiger partial charge in [-0.05, 0) is 40.2 Å². The van der Waals surface area contributed by atoms with Crippen LogP contribution in [-0.2, 0) is 9.59 Å². The van der Waals surface area contributed by atoms with Gasteiger partial charge in [0.05, 0.1) is 17.8 Å². The van der Waals surface area contributed by atoms with E-state index in [1.807, 2.05) is 30.3 Å². The second-order valence-electron chi connectivity index (χ2n) is 5.10. The number of para-hydroxylation sites is 1. The van der Waals surface area contributed by atoms with Crippen molar-refractivity contribution in [1.82, 2.24) is 4.98 Å². The SMILES string of the molecule is O=C(Nc1ccc(Br)nc1)C1CC(=O)N(c2ccccc2)C1. The molecule has 112 valence electrons. The molecule has 1 saturated heterocycles. The zero-order valence-corrected chi connectivity index (χ0v) is 13.3. The summed E-state index contributed by atoms with van der Waals surface area (Å²) in [5.41, 5.74) is 1.45. The molecule has 2 aromatic rings. The minimum Gasteiger partial charge on any atom is -0.324 e. The molecule has 0 saturated carbocycles. The number of anilines is 2. The predicted molar refractivity (Wildman–Crippen MR) is 87.5 cm³/mol. The molecule has 1 N–H and O–H groups in total. The van der Waals surface area contributed by atoms with Crippen LogP contribution in [0.3, 0.4) is 0 Å². The Morgan fingerprint density at radius 3 is 2.68 bits per heavy atom. The maximum atomic E-state index is 12.3. The first-order valence-electron chi connectivity index (χ1n) is 6.91. The Morgan fingerprint density at radius 2 is 2.00 bits per heavy atom. The lowest BCUT2D eigenvalue weighted by molar-refractivity contribution is -0.122. The standard InChI is InChI=1S/C16H14BrN3O2/c17-14-7-6-12(9-18-14)19-16(22)11-8-15(21)20(10-11)13-4-2-1-3-5-13/h1-7,9,11H,8,10H2,(H,19,22). The van der Waals surface area contributed by atoms with Crippen molar-refractivity contribution in [2.24, 2.45) is 5.92 Å². The van der Waals surface area contributed by atoms with Gasteiger partial charge in [0.1, 0.15) is 4.60 Å². The summed E-state index contributed by atoms with van der Waals surface area (Å²) in [4.78, 5) is 30.1. The molecular weight excluding hydrogens is 346 g/mol. The van der Waals surface area contributed by atoms with Gasteiger partial charge in [0, 0.05) is 18.7 Å². The minimum absolute atomic E-state index is 0.0275. The Bertz CT molecular complexity index is 688. The number of hydrogen-bond donors (Lipinski definition) is 1. The van der Waals surface area contributed by atoms with Gasteiger partial charge in [0.25, 0.3) is 0 Å². The maximum Gasteiger partial charge on any atom is 0.229 e. The van der Waals surface area contributed by atoms with Gasteiger partial charge < -0.3 is 10.2 Å². The van der Waals surface area contributed by atoms with Gasteiger partial charge in [0.15, 0.2) is 0 Å². The molecule has 22 heavy (non-hydrogen) atoms. The van der Waals surface area contributed by atoms with Crippen LogP contribution in [0, 0.1) is 5.92 Å². The van der Waals surface area contributed by atoms with Crippen LogP contribution in [0.5, 0.6) is 0 Å². The molecule has 2 heterocycles. The smallest absolute Gasteiger partial charge is 0.229 e. The van der Waals surface area contributed by atoms with Crippen LogP contribution in [0.1, 0.15) is 6.42 Å². The lowest BCUT2D eigenvalue weighted by Gasteiger charge is -2.16. The molecule has 0 radical (unpaired) electrons. The summed E-state index contributed by atoms with van der Waals surface area (Å²) >= 11 is 3.24. The average Bonchev–Trinajstić information content (AvgIpc) is 2.92. The number of benzene rings is 1. The average molecular weight is 360 g/mol. The fraction of sp³-hybridized carbons (Fsp3) is 0.188. The Kier molecular flexibility index (Phi) is 4.20. The molecule has 1 fully saturated rings. The van der Waals surface area contributed by atoms with E-state index in [1.165, 1.54) is 0 Å². The van der Waals surface area contributed by atoms with Gasteiger partial charge in [-0.3, -0.25) is 9.59 Å². The normalized spacial score (nSPS) is 17.6. The Balaban J connectivity index is 1.67. The van der Waals surface area contributed by atoms with Crippen LogP contribution in [0.2, 0.25) is 0 Å². The fourth-order valence-electron chi connectivity index (χ4n) is 2.43. The highest BCUT2D eigenvalue weighted by atomic mass is 79.9. The van der Waals surface area contributed by atoms with Crippen molar-refractivity contribution in [3.05, 3.63) is 53.3 Å². The predicted octanol–water partition coefficient (Wildman–Crippen LogP) is 2.84. The highest BCUT2D eigenvalue weighted by molar-refractivity contribution is 9.10. The van der Waals surface area contributed by atoms with E-state index in [0.717, 1.165) is 5.69 Å². The molecule has 1 aliphatic heterocycles. The number of nitrogens with one attached hydrogen (secondary N) is 1. The lowest BCUT2D eigenvalue weighted by atomic mass is 10.1. The van der Waals surface area contributed by atoms with Gasteiger partial charge >= 0.3 is 0 Å². The number of carbonyl (C=O) groups is 2. The molecular formula is C16H14BrN3O2. The van der Waals surface area contributed by atoms with Crippen LogP contribution in [0.25, 0.3) is 0 Å². The Labute approximate surface area is 136 Å². The quantitative estimate of drug-likeness (QED) is 0.857. The zero-order chi connectivity index (χ0) is 15.5. The summed E-state index contributed by atoms with van der Waals surface area (Å²) in [6.07, 6.45) is 1.80. The molecule has 6 heteroatoms. The largest absolute Gasteiger partial charge is 0.324 e. The number of halogens is 1. The Hall–Kier alpha value is -2.21. The molecule has 2 amide bonds. The fourth-order valence-corrected chi connectivity index (χ4v) is 2.67. The number of rotatable bonds is 3. The monoisotopic (exact) mass is 359 g/mol. The van der Waals surface area contributed by atoms with Gasteiger partial charge in [-0.25, -0.2) is 4.98 Å². The van der Waals surface area contributed by atoms with E-state index in [0.29, 0.717) is 16.8 Å². The highest BCUT2D eigenvalue weighted by Crippen LogP contribution is 2.25. The van der Waals surface area contributed by atoms with Crippen molar-refractivity contribution in [2.75, 3.05) is 16.8 Å². The maximum absolute atomic E-state index is 12.3.